The van der Waals surface area contributed by atoms with E-state index in [2.05, 4.69) is 6.92 Å². The Labute approximate surface area is 147 Å². The number of benzene rings is 1. The Morgan fingerprint density at radius 2 is 2.08 bits per heavy atom. The number of fused-ring (bicyclic) bond motifs is 1. The molecule has 1 aromatic heterocycles. The van der Waals surface area contributed by atoms with Gasteiger partial charge in [0.2, 0.25) is 5.91 Å². The number of piperidine rings is 1. The van der Waals surface area contributed by atoms with Gasteiger partial charge in [-0.3, -0.25) is 4.79 Å². The van der Waals surface area contributed by atoms with Crippen molar-refractivity contribution in [2.24, 2.45) is 5.92 Å². The van der Waals surface area contributed by atoms with Crippen LogP contribution in [0.15, 0.2) is 27.4 Å². The van der Waals surface area contributed by atoms with Crippen LogP contribution in [0.4, 0.5) is 0 Å². The van der Waals surface area contributed by atoms with Crippen LogP contribution in [0.25, 0.3) is 11.0 Å². The van der Waals surface area contributed by atoms with Gasteiger partial charge in [0, 0.05) is 32.0 Å². The topological polar surface area (TPSA) is 59.8 Å². The lowest BCUT2D eigenvalue weighted by Gasteiger charge is -2.29. The summed E-state index contributed by atoms with van der Waals surface area (Å²) in [7, 11) is 1.84. The fourth-order valence-corrected chi connectivity index (χ4v) is 3.49. The normalized spacial score (nSPS) is 18.0. The van der Waals surface area contributed by atoms with Crippen molar-refractivity contribution in [2.75, 3.05) is 20.2 Å². The molecule has 1 fully saturated rings. The number of hydrogen-bond acceptors (Lipinski definition) is 4. The first-order valence-electron chi connectivity index (χ1n) is 8.92. The van der Waals surface area contributed by atoms with Crippen LogP contribution >= 0.6 is 0 Å². The average Bonchev–Trinajstić information content (AvgIpc) is 2.55. The quantitative estimate of drug-likeness (QED) is 0.782. The highest BCUT2D eigenvalue weighted by Gasteiger charge is 2.23. The minimum absolute atomic E-state index is 0.198. The first-order valence-corrected chi connectivity index (χ1v) is 8.92. The largest absolute Gasteiger partial charge is 0.492 e. The molecule has 5 heteroatoms. The zero-order valence-electron chi connectivity index (χ0n) is 15.1. The summed E-state index contributed by atoms with van der Waals surface area (Å²) in [4.78, 5) is 25.2. The number of nitrogens with zero attached hydrogens (tertiary/aromatic N) is 1. The van der Waals surface area contributed by atoms with Crippen molar-refractivity contribution in [3.05, 3.63) is 39.7 Å². The van der Waals surface area contributed by atoms with Crippen LogP contribution < -0.4 is 10.4 Å². The SMILES string of the molecule is CCCc1cc(=O)oc2cc(C)cc(OCC3CCC(=O)N(C)C3)c12. The standard InChI is InChI=1S/C20H25NO4/c1-4-5-15-10-19(23)25-17-9-13(2)8-16(20(15)17)24-12-14-6-7-18(22)21(3)11-14/h8-10,14H,4-7,11-12H2,1-3H3. The first kappa shape index (κ1) is 17.5. The Hall–Kier alpha value is -2.30. The molecule has 2 aromatic rings. The van der Waals surface area contributed by atoms with Crippen LogP contribution in [0.5, 0.6) is 5.75 Å². The van der Waals surface area contributed by atoms with E-state index >= 15 is 0 Å². The summed E-state index contributed by atoms with van der Waals surface area (Å²) >= 11 is 0. The summed E-state index contributed by atoms with van der Waals surface area (Å²) in [6, 6.07) is 5.45. The highest BCUT2D eigenvalue weighted by Crippen LogP contribution is 2.31. The van der Waals surface area contributed by atoms with Gasteiger partial charge in [-0.25, -0.2) is 4.79 Å². The fraction of sp³-hybridized carbons (Fsp3) is 0.500. The summed E-state index contributed by atoms with van der Waals surface area (Å²) in [5, 5.41) is 0.896. The highest BCUT2D eigenvalue weighted by atomic mass is 16.5. The van der Waals surface area contributed by atoms with E-state index in [4.69, 9.17) is 9.15 Å². The third kappa shape index (κ3) is 3.86. The Balaban J connectivity index is 1.90. The molecular formula is C20H25NO4. The van der Waals surface area contributed by atoms with E-state index in [9.17, 15) is 9.59 Å². The Bertz CT molecular complexity index is 839. The summed E-state index contributed by atoms with van der Waals surface area (Å²) < 4.78 is 11.6. The van der Waals surface area contributed by atoms with E-state index < -0.39 is 0 Å². The molecule has 1 aliphatic rings. The van der Waals surface area contributed by atoms with E-state index in [1.165, 1.54) is 0 Å². The molecule has 0 bridgehead atoms. The van der Waals surface area contributed by atoms with Crippen LogP contribution in [0.2, 0.25) is 0 Å². The molecule has 25 heavy (non-hydrogen) atoms. The average molecular weight is 343 g/mol. The van der Waals surface area contributed by atoms with Crippen molar-refractivity contribution < 1.29 is 13.9 Å². The summed E-state index contributed by atoms with van der Waals surface area (Å²) in [5.41, 5.74) is 2.23. The molecule has 1 aromatic carbocycles. The smallest absolute Gasteiger partial charge is 0.336 e. The molecule has 1 aliphatic heterocycles. The maximum Gasteiger partial charge on any atom is 0.336 e. The fourth-order valence-electron chi connectivity index (χ4n) is 3.49. The van der Waals surface area contributed by atoms with Gasteiger partial charge in [0.1, 0.15) is 11.3 Å². The second kappa shape index (κ2) is 7.30. The minimum Gasteiger partial charge on any atom is -0.492 e. The van der Waals surface area contributed by atoms with Crippen molar-refractivity contribution in [3.8, 4) is 5.75 Å². The number of hydrogen-bond donors (Lipinski definition) is 0. The van der Waals surface area contributed by atoms with E-state index in [0.29, 0.717) is 24.5 Å². The molecule has 1 atom stereocenters. The van der Waals surface area contributed by atoms with Gasteiger partial charge in [0.05, 0.1) is 12.0 Å². The number of carbonyl (C=O) groups excluding carboxylic acids is 1. The Kier molecular flexibility index (Phi) is 5.11. The van der Waals surface area contributed by atoms with E-state index in [1.54, 1.807) is 11.0 Å². The highest BCUT2D eigenvalue weighted by molar-refractivity contribution is 5.87. The predicted octanol–water partition coefficient (Wildman–Crippen LogP) is 3.30. The molecule has 1 saturated heterocycles. The van der Waals surface area contributed by atoms with Crippen LogP contribution in [0.1, 0.15) is 37.3 Å². The number of carbonyl (C=O) groups is 1. The van der Waals surface area contributed by atoms with Crippen molar-refractivity contribution in [1.29, 1.82) is 0 Å². The molecule has 0 aliphatic carbocycles. The summed E-state index contributed by atoms with van der Waals surface area (Å²) in [5.74, 6) is 1.29. The number of amides is 1. The zero-order chi connectivity index (χ0) is 18.0. The number of ether oxygens (including phenoxy) is 1. The molecule has 1 amide bonds. The van der Waals surface area contributed by atoms with Gasteiger partial charge in [0.15, 0.2) is 0 Å². The van der Waals surface area contributed by atoms with Crippen LogP contribution in [-0.2, 0) is 11.2 Å². The number of likely N-dealkylation sites (tertiary alicyclic amines) is 1. The minimum atomic E-state index is -0.320. The van der Waals surface area contributed by atoms with Gasteiger partial charge in [-0.05, 0) is 43.0 Å². The molecule has 134 valence electrons. The van der Waals surface area contributed by atoms with Gasteiger partial charge in [-0.2, -0.15) is 0 Å². The molecule has 0 saturated carbocycles. The van der Waals surface area contributed by atoms with Crippen LogP contribution in [0, 0.1) is 12.8 Å². The summed E-state index contributed by atoms with van der Waals surface area (Å²) in [6.07, 6.45) is 3.18. The molecule has 5 nitrogen and oxygen atoms in total. The predicted molar refractivity (Wildman–Crippen MR) is 97.1 cm³/mol. The maximum atomic E-state index is 11.8. The van der Waals surface area contributed by atoms with E-state index in [0.717, 1.165) is 48.1 Å². The monoisotopic (exact) mass is 343 g/mol. The second-order valence-electron chi connectivity index (χ2n) is 6.97. The number of aryl methyl sites for hydroxylation is 2. The lowest BCUT2D eigenvalue weighted by Crippen LogP contribution is -2.38. The zero-order valence-corrected chi connectivity index (χ0v) is 15.1. The van der Waals surface area contributed by atoms with Crippen LogP contribution in [0.3, 0.4) is 0 Å². The van der Waals surface area contributed by atoms with Crippen molar-refractivity contribution in [1.82, 2.24) is 4.90 Å². The van der Waals surface area contributed by atoms with Gasteiger partial charge in [-0.15, -0.1) is 0 Å². The van der Waals surface area contributed by atoms with Gasteiger partial charge in [0.25, 0.3) is 0 Å². The third-order valence-electron chi connectivity index (χ3n) is 4.75. The Morgan fingerprint density at radius 1 is 1.28 bits per heavy atom. The van der Waals surface area contributed by atoms with Gasteiger partial charge < -0.3 is 14.1 Å². The summed E-state index contributed by atoms with van der Waals surface area (Å²) in [6.45, 7) is 5.33. The lowest BCUT2D eigenvalue weighted by atomic mass is 9.99. The maximum absolute atomic E-state index is 11.8. The molecule has 0 N–H and O–H groups in total. The third-order valence-corrected chi connectivity index (χ3v) is 4.75. The lowest BCUT2D eigenvalue weighted by molar-refractivity contribution is -0.133. The van der Waals surface area contributed by atoms with Crippen molar-refractivity contribution in [2.45, 2.75) is 39.5 Å². The van der Waals surface area contributed by atoms with E-state index in [-0.39, 0.29) is 11.5 Å². The molecule has 0 radical (unpaired) electrons. The molecular weight excluding hydrogens is 318 g/mol. The number of rotatable bonds is 5. The van der Waals surface area contributed by atoms with Gasteiger partial charge in [-0.1, -0.05) is 13.3 Å². The van der Waals surface area contributed by atoms with Crippen molar-refractivity contribution >= 4 is 16.9 Å². The molecule has 0 spiro atoms. The molecule has 2 heterocycles. The van der Waals surface area contributed by atoms with E-state index in [1.807, 2.05) is 26.1 Å². The second-order valence-corrected chi connectivity index (χ2v) is 6.97. The van der Waals surface area contributed by atoms with Crippen LogP contribution in [-0.4, -0.2) is 31.0 Å². The first-order chi connectivity index (χ1) is 12.0. The van der Waals surface area contributed by atoms with Gasteiger partial charge >= 0.3 is 5.63 Å². The van der Waals surface area contributed by atoms with Crippen molar-refractivity contribution in [3.63, 3.8) is 0 Å². The molecule has 1 unspecified atom stereocenters. The Morgan fingerprint density at radius 3 is 2.80 bits per heavy atom. The molecule has 3 rings (SSSR count).